The van der Waals surface area contributed by atoms with Crippen LogP contribution in [0.15, 0.2) is 48.8 Å². The predicted octanol–water partition coefficient (Wildman–Crippen LogP) is 5.44. The first-order chi connectivity index (χ1) is 11.6. The van der Waals surface area contributed by atoms with Crippen molar-refractivity contribution >= 4 is 45.8 Å². The molecule has 1 amide bonds. The van der Waals surface area contributed by atoms with Crippen LogP contribution in [0.4, 0.5) is 5.69 Å². The first-order valence-corrected chi connectivity index (χ1v) is 8.24. The van der Waals surface area contributed by atoms with Crippen LogP contribution in [0, 0.1) is 0 Å². The van der Waals surface area contributed by atoms with Gasteiger partial charge in [0.05, 0.1) is 15.7 Å². The van der Waals surface area contributed by atoms with E-state index in [-0.39, 0.29) is 5.91 Å². The van der Waals surface area contributed by atoms with E-state index in [9.17, 15) is 4.79 Å². The number of hydrogen-bond acceptors (Lipinski definition) is 2. The molecular weight excluding hydrogens is 345 g/mol. The second kappa shape index (κ2) is 7.07. The third kappa shape index (κ3) is 3.45. The van der Waals surface area contributed by atoms with Gasteiger partial charge in [-0.15, -0.1) is 0 Å². The summed E-state index contributed by atoms with van der Waals surface area (Å²) in [6.45, 7) is 1.96. The molecule has 2 N–H and O–H groups in total. The summed E-state index contributed by atoms with van der Waals surface area (Å²) >= 11 is 12.3. The molecule has 0 unspecified atom stereocenters. The van der Waals surface area contributed by atoms with Gasteiger partial charge in [-0.25, -0.2) is 4.98 Å². The minimum absolute atomic E-state index is 0.210. The van der Waals surface area contributed by atoms with Gasteiger partial charge in [0.25, 0.3) is 0 Å². The lowest BCUT2D eigenvalue weighted by Gasteiger charge is -2.08. The number of aromatic amines is 1. The SMILES string of the molecule is CC/C=C/C(=O)Nc1cc(-c2cnc3[nH]cc(Cl)c3c2)ccc1Cl. The second-order valence-corrected chi connectivity index (χ2v) is 6.07. The highest BCUT2D eigenvalue weighted by atomic mass is 35.5. The van der Waals surface area contributed by atoms with Crippen LogP contribution in [0.5, 0.6) is 0 Å². The maximum Gasteiger partial charge on any atom is 0.248 e. The molecule has 122 valence electrons. The molecule has 2 heterocycles. The number of rotatable bonds is 4. The Hall–Kier alpha value is -2.30. The summed E-state index contributed by atoms with van der Waals surface area (Å²) in [7, 11) is 0. The van der Waals surface area contributed by atoms with Gasteiger partial charge in [0.1, 0.15) is 5.65 Å². The minimum atomic E-state index is -0.210. The average Bonchev–Trinajstić information content (AvgIpc) is 2.95. The monoisotopic (exact) mass is 359 g/mol. The van der Waals surface area contributed by atoms with Crippen molar-refractivity contribution < 1.29 is 4.79 Å². The summed E-state index contributed by atoms with van der Waals surface area (Å²) in [5.41, 5.74) is 3.07. The smallest absolute Gasteiger partial charge is 0.248 e. The number of carbonyl (C=O) groups is 1. The standard InChI is InChI=1S/C18H15Cl2N3O/c1-2-3-4-17(24)23-16-8-11(5-6-14(16)19)12-7-13-15(20)10-22-18(13)21-9-12/h3-10H,2H2,1H3,(H,21,22)(H,23,24)/b4-3+. The van der Waals surface area contributed by atoms with Crippen LogP contribution in [-0.4, -0.2) is 15.9 Å². The third-order valence-electron chi connectivity index (χ3n) is 3.54. The van der Waals surface area contributed by atoms with E-state index in [4.69, 9.17) is 23.2 Å². The van der Waals surface area contributed by atoms with Gasteiger partial charge in [-0.1, -0.05) is 42.3 Å². The number of aromatic nitrogens is 2. The number of benzene rings is 1. The second-order valence-electron chi connectivity index (χ2n) is 5.25. The Labute approximate surface area is 149 Å². The lowest BCUT2D eigenvalue weighted by molar-refractivity contribution is -0.111. The molecule has 3 aromatic rings. The van der Waals surface area contributed by atoms with Crippen molar-refractivity contribution in [2.75, 3.05) is 5.32 Å². The molecule has 0 radical (unpaired) electrons. The maximum atomic E-state index is 11.9. The Morgan fingerprint density at radius 1 is 1.25 bits per heavy atom. The normalized spacial score (nSPS) is 11.3. The van der Waals surface area contributed by atoms with Crippen LogP contribution >= 0.6 is 23.2 Å². The van der Waals surface area contributed by atoms with Crippen LogP contribution in [0.25, 0.3) is 22.2 Å². The number of hydrogen-bond donors (Lipinski definition) is 2. The molecule has 0 atom stereocenters. The number of pyridine rings is 1. The van der Waals surface area contributed by atoms with Crippen molar-refractivity contribution in [1.82, 2.24) is 9.97 Å². The summed E-state index contributed by atoms with van der Waals surface area (Å²) in [5, 5.41) is 4.73. The number of halogens is 2. The van der Waals surface area contributed by atoms with E-state index in [0.717, 1.165) is 28.6 Å². The quantitative estimate of drug-likeness (QED) is 0.609. The van der Waals surface area contributed by atoms with Crippen LogP contribution < -0.4 is 5.32 Å². The molecule has 0 aliphatic rings. The highest BCUT2D eigenvalue weighted by Gasteiger charge is 2.09. The van der Waals surface area contributed by atoms with Crippen molar-refractivity contribution in [2.45, 2.75) is 13.3 Å². The zero-order chi connectivity index (χ0) is 17.1. The van der Waals surface area contributed by atoms with Crippen LogP contribution in [0.2, 0.25) is 10.0 Å². The number of carbonyl (C=O) groups excluding carboxylic acids is 1. The molecule has 0 saturated carbocycles. The number of nitrogens with zero attached hydrogens (tertiary/aromatic N) is 1. The fourth-order valence-corrected chi connectivity index (χ4v) is 2.69. The number of H-pyrrole nitrogens is 1. The Kier molecular flexibility index (Phi) is 4.88. The molecule has 0 fully saturated rings. The molecule has 6 heteroatoms. The van der Waals surface area contributed by atoms with Gasteiger partial charge in [0, 0.05) is 23.3 Å². The molecule has 2 aromatic heterocycles. The molecule has 24 heavy (non-hydrogen) atoms. The van der Waals surface area contributed by atoms with Crippen LogP contribution in [-0.2, 0) is 4.79 Å². The van der Waals surface area contributed by atoms with Gasteiger partial charge in [-0.05, 0) is 36.3 Å². The van der Waals surface area contributed by atoms with E-state index in [2.05, 4.69) is 15.3 Å². The summed E-state index contributed by atoms with van der Waals surface area (Å²) in [6, 6.07) is 7.40. The van der Waals surface area contributed by atoms with Gasteiger partial charge >= 0.3 is 0 Å². The molecule has 0 aliphatic carbocycles. The van der Waals surface area contributed by atoms with Crippen molar-refractivity contribution in [1.29, 1.82) is 0 Å². The van der Waals surface area contributed by atoms with Crippen molar-refractivity contribution in [2.24, 2.45) is 0 Å². The molecular formula is C18H15Cl2N3O. The Morgan fingerprint density at radius 3 is 2.88 bits per heavy atom. The molecule has 1 aromatic carbocycles. The lowest BCUT2D eigenvalue weighted by atomic mass is 10.1. The molecule has 0 spiro atoms. The summed E-state index contributed by atoms with van der Waals surface area (Å²) in [5.74, 6) is -0.210. The molecule has 0 saturated heterocycles. The highest BCUT2D eigenvalue weighted by Crippen LogP contribution is 2.31. The summed E-state index contributed by atoms with van der Waals surface area (Å²) in [4.78, 5) is 19.2. The van der Waals surface area contributed by atoms with E-state index in [1.807, 2.05) is 25.1 Å². The lowest BCUT2D eigenvalue weighted by Crippen LogP contribution is -2.08. The van der Waals surface area contributed by atoms with Gasteiger partial charge in [-0.3, -0.25) is 4.79 Å². The highest BCUT2D eigenvalue weighted by molar-refractivity contribution is 6.35. The average molecular weight is 360 g/mol. The van der Waals surface area contributed by atoms with Crippen molar-refractivity contribution in [3.63, 3.8) is 0 Å². The Bertz CT molecular complexity index is 931. The van der Waals surface area contributed by atoms with E-state index in [1.165, 1.54) is 6.08 Å². The Morgan fingerprint density at radius 2 is 2.08 bits per heavy atom. The van der Waals surface area contributed by atoms with Crippen molar-refractivity contribution in [3.8, 4) is 11.1 Å². The number of allylic oxidation sites excluding steroid dienone is 1. The van der Waals surface area contributed by atoms with E-state index in [1.54, 1.807) is 24.5 Å². The van der Waals surface area contributed by atoms with Crippen molar-refractivity contribution in [3.05, 3.63) is 58.9 Å². The van der Waals surface area contributed by atoms with Gasteiger partial charge in [-0.2, -0.15) is 0 Å². The van der Waals surface area contributed by atoms with Gasteiger partial charge < -0.3 is 10.3 Å². The fourth-order valence-electron chi connectivity index (χ4n) is 2.33. The Balaban J connectivity index is 1.95. The topological polar surface area (TPSA) is 57.8 Å². The van der Waals surface area contributed by atoms with Crippen LogP contribution in [0.3, 0.4) is 0 Å². The number of fused-ring (bicyclic) bond motifs is 1. The zero-order valence-corrected chi connectivity index (χ0v) is 14.4. The molecule has 3 rings (SSSR count). The fraction of sp³-hybridized carbons (Fsp3) is 0.111. The summed E-state index contributed by atoms with van der Waals surface area (Å²) < 4.78 is 0. The number of anilines is 1. The van der Waals surface area contributed by atoms with E-state index in [0.29, 0.717) is 15.7 Å². The third-order valence-corrected chi connectivity index (χ3v) is 4.19. The molecule has 4 nitrogen and oxygen atoms in total. The largest absolute Gasteiger partial charge is 0.345 e. The zero-order valence-electron chi connectivity index (χ0n) is 12.9. The predicted molar refractivity (Wildman–Crippen MR) is 99.6 cm³/mol. The number of amides is 1. The van der Waals surface area contributed by atoms with E-state index >= 15 is 0 Å². The number of nitrogens with one attached hydrogen (secondary N) is 2. The minimum Gasteiger partial charge on any atom is -0.345 e. The maximum absolute atomic E-state index is 11.9. The van der Waals surface area contributed by atoms with Gasteiger partial charge in [0.15, 0.2) is 0 Å². The molecule has 0 aliphatic heterocycles. The van der Waals surface area contributed by atoms with Gasteiger partial charge in [0.2, 0.25) is 5.91 Å². The first kappa shape index (κ1) is 16.6. The first-order valence-electron chi connectivity index (χ1n) is 7.48. The summed E-state index contributed by atoms with van der Waals surface area (Å²) in [6.07, 6.45) is 7.54. The van der Waals surface area contributed by atoms with E-state index < -0.39 is 0 Å². The molecule has 0 bridgehead atoms. The van der Waals surface area contributed by atoms with Crippen LogP contribution in [0.1, 0.15) is 13.3 Å².